The quantitative estimate of drug-likeness (QED) is 0.463. The number of nitro benzene ring substituents is 1. The lowest BCUT2D eigenvalue weighted by Crippen LogP contribution is -2.13. The van der Waals surface area contributed by atoms with E-state index in [2.05, 4.69) is 6.08 Å². The van der Waals surface area contributed by atoms with Crippen LogP contribution in [0.3, 0.4) is 0 Å². The van der Waals surface area contributed by atoms with Crippen molar-refractivity contribution in [1.29, 1.82) is 0 Å². The minimum Gasteiger partial charge on any atom is -0.354 e. The van der Waals surface area contributed by atoms with Gasteiger partial charge in [-0.3, -0.25) is 10.1 Å². The second-order valence-electron chi connectivity index (χ2n) is 4.17. The molecule has 0 fully saturated rings. The molecule has 1 aliphatic rings. The first-order valence-electron chi connectivity index (χ1n) is 5.79. The highest BCUT2D eigenvalue weighted by Crippen LogP contribution is 2.29. The molecule has 0 radical (unpaired) electrons. The predicted molar refractivity (Wildman–Crippen MR) is 67.3 cm³/mol. The van der Waals surface area contributed by atoms with Crippen LogP contribution in [0.1, 0.15) is 12.6 Å². The van der Waals surface area contributed by atoms with Crippen LogP contribution in [0.15, 0.2) is 42.6 Å². The number of nitro groups is 1. The maximum atomic E-state index is 11.0. The second-order valence-corrected chi connectivity index (χ2v) is 4.17. The second kappa shape index (κ2) is 4.27. The van der Waals surface area contributed by atoms with E-state index in [-0.39, 0.29) is 16.8 Å². The molecule has 0 saturated heterocycles. The average molecular weight is 244 g/mol. The van der Waals surface area contributed by atoms with Crippen LogP contribution in [0.25, 0.3) is 10.9 Å². The van der Waals surface area contributed by atoms with Crippen LogP contribution in [-0.4, -0.2) is 16.1 Å². The zero-order valence-corrected chi connectivity index (χ0v) is 9.65. The molecule has 0 amide bonds. The van der Waals surface area contributed by atoms with Crippen LogP contribution in [-0.2, 0) is 4.74 Å². The summed E-state index contributed by atoms with van der Waals surface area (Å²) >= 11 is 0. The number of non-ortho nitro benzene ring substituents is 1. The zero-order valence-electron chi connectivity index (χ0n) is 9.65. The number of hydrogen-bond acceptors (Lipinski definition) is 3. The minimum absolute atomic E-state index is 0.131. The van der Waals surface area contributed by atoms with E-state index in [0.29, 0.717) is 12.0 Å². The van der Waals surface area contributed by atoms with Crippen molar-refractivity contribution in [1.82, 2.24) is 4.57 Å². The van der Waals surface area contributed by atoms with Gasteiger partial charge in [0.05, 0.1) is 22.4 Å². The molecule has 0 saturated carbocycles. The minimum atomic E-state index is -0.357. The molecule has 5 nitrogen and oxygen atoms in total. The monoisotopic (exact) mass is 244 g/mol. The predicted octanol–water partition coefficient (Wildman–Crippen LogP) is 3.02. The van der Waals surface area contributed by atoms with Crippen LogP contribution in [0.5, 0.6) is 0 Å². The highest BCUT2D eigenvalue weighted by Gasteiger charge is 2.17. The first-order valence-corrected chi connectivity index (χ1v) is 5.79. The Morgan fingerprint density at radius 3 is 3.00 bits per heavy atom. The smallest absolute Gasteiger partial charge is 0.278 e. The highest BCUT2D eigenvalue weighted by atomic mass is 16.6. The molecule has 18 heavy (non-hydrogen) atoms. The van der Waals surface area contributed by atoms with Crippen LogP contribution < -0.4 is 0 Å². The first-order chi connectivity index (χ1) is 8.77. The van der Waals surface area contributed by atoms with Gasteiger partial charge >= 0.3 is 0 Å². The van der Waals surface area contributed by atoms with Crippen molar-refractivity contribution >= 4 is 16.6 Å². The summed E-state index contributed by atoms with van der Waals surface area (Å²) < 4.78 is 7.55. The summed E-state index contributed by atoms with van der Waals surface area (Å²) in [4.78, 5) is 10.6. The summed E-state index contributed by atoms with van der Waals surface area (Å²) in [6.07, 6.45) is 6.62. The molecular weight excluding hydrogens is 232 g/mol. The lowest BCUT2D eigenvalue weighted by Gasteiger charge is -2.20. The Kier molecular flexibility index (Phi) is 2.60. The third-order valence-electron chi connectivity index (χ3n) is 3.08. The van der Waals surface area contributed by atoms with Gasteiger partial charge in [0, 0.05) is 12.3 Å². The van der Waals surface area contributed by atoms with Crippen molar-refractivity contribution in [2.75, 3.05) is 6.61 Å². The lowest BCUT2D eigenvalue weighted by atomic mass is 10.2. The van der Waals surface area contributed by atoms with Crippen molar-refractivity contribution in [2.45, 2.75) is 12.6 Å². The molecule has 2 aromatic rings. The van der Waals surface area contributed by atoms with Crippen molar-refractivity contribution < 1.29 is 9.66 Å². The molecule has 0 aliphatic carbocycles. The fraction of sp³-hybridized carbons (Fsp3) is 0.231. The molecule has 0 bridgehead atoms. The summed E-state index contributed by atoms with van der Waals surface area (Å²) in [5.41, 5.74) is 0.951. The number of ether oxygens (including phenoxy) is 1. The number of nitrogens with zero attached hydrogens (tertiary/aromatic N) is 2. The van der Waals surface area contributed by atoms with E-state index in [0.717, 1.165) is 11.9 Å². The van der Waals surface area contributed by atoms with Gasteiger partial charge in [-0.25, -0.2) is 0 Å². The molecule has 1 aromatic carbocycles. The number of rotatable bonds is 2. The molecule has 1 aromatic heterocycles. The molecule has 3 rings (SSSR count). The van der Waals surface area contributed by atoms with Gasteiger partial charge in [0.15, 0.2) is 6.23 Å². The average Bonchev–Trinajstić information content (AvgIpc) is 2.83. The SMILES string of the molecule is O=[N+]([O-])c1cccc2c1ccn2[C@@H]1C=CCCO1. The maximum absolute atomic E-state index is 11.0. The van der Waals surface area contributed by atoms with E-state index in [4.69, 9.17) is 4.74 Å². The molecule has 1 atom stereocenters. The Morgan fingerprint density at radius 1 is 1.39 bits per heavy atom. The van der Waals surface area contributed by atoms with Crippen LogP contribution in [0, 0.1) is 10.1 Å². The summed E-state index contributed by atoms with van der Waals surface area (Å²) in [5, 5.41) is 11.6. The van der Waals surface area contributed by atoms with E-state index in [1.54, 1.807) is 12.1 Å². The fourth-order valence-electron chi connectivity index (χ4n) is 2.25. The van der Waals surface area contributed by atoms with Crippen LogP contribution in [0.4, 0.5) is 5.69 Å². The van der Waals surface area contributed by atoms with Gasteiger partial charge < -0.3 is 9.30 Å². The van der Waals surface area contributed by atoms with Crippen LogP contribution in [0.2, 0.25) is 0 Å². The molecule has 92 valence electrons. The van der Waals surface area contributed by atoms with Crippen molar-refractivity contribution in [3.63, 3.8) is 0 Å². The number of aromatic nitrogens is 1. The third kappa shape index (κ3) is 1.69. The summed E-state index contributed by atoms with van der Waals surface area (Å²) in [6.45, 7) is 0.676. The largest absolute Gasteiger partial charge is 0.354 e. The molecular formula is C13H12N2O3. The van der Waals surface area contributed by atoms with Gasteiger partial charge in [0.1, 0.15) is 0 Å². The summed E-state index contributed by atoms with van der Waals surface area (Å²) in [7, 11) is 0. The van der Waals surface area contributed by atoms with Gasteiger partial charge in [-0.15, -0.1) is 0 Å². The van der Waals surface area contributed by atoms with Crippen molar-refractivity contribution in [3.8, 4) is 0 Å². The van der Waals surface area contributed by atoms with E-state index in [1.165, 1.54) is 6.07 Å². The Bertz CT molecular complexity index is 630. The van der Waals surface area contributed by atoms with Gasteiger partial charge in [-0.2, -0.15) is 0 Å². The maximum Gasteiger partial charge on any atom is 0.278 e. The summed E-state index contributed by atoms with van der Waals surface area (Å²) in [5.74, 6) is 0. The molecule has 0 spiro atoms. The Balaban J connectivity index is 2.14. The normalized spacial score (nSPS) is 19.2. The Labute approximate surface area is 103 Å². The fourth-order valence-corrected chi connectivity index (χ4v) is 2.25. The topological polar surface area (TPSA) is 57.3 Å². The molecule has 2 heterocycles. The number of hydrogen-bond donors (Lipinski definition) is 0. The van der Waals surface area contributed by atoms with Gasteiger partial charge in [-0.05, 0) is 24.6 Å². The van der Waals surface area contributed by atoms with Crippen molar-refractivity contribution in [2.24, 2.45) is 0 Å². The first kappa shape index (κ1) is 11.0. The van der Waals surface area contributed by atoms with Gasteiger partial charge in [-0.1, -0.05) is 12.1 Å². The molecule has 1 aliphatic heterocycles. The highest BCUT2D eigenvalue weighted by molar-refractivity contribution is 5.89. The van der Waals surface area contributed by atoms with Gasteiger partial charge in [0.2, 0.25) is 0 Å². The molecule has 0 N–H and O–H groups in total. The Hall–Kier alpha value is -2.14. The third-order valence-corrected chi connectivity index (χ3v) is 3.08. The van der Waals surface area contributed by atoms with E-state index >= 15 is 0 Å². The Morgan fingerprint density at radius 2 is 2.28 bits per heavy atom. The van der Waals surface area contributed by atoms with E-state index in [9.17, 15) is 10.1 Å². The molecule has 0 unspecified atom stereocenters. The number of fused-ring (bicyclic) bond motifs is 1. The standard InChI is InChI=1S/C13H12N2O3/c16-15(17)12-5-3-4-11-10(12)7-8-14(11)13-6-1-2-9-18-13/h1,3-8,13H,2,9H2/t13-/m0/s1. The van der Waals surface area contributed by atoms with E-state index in [1.807, 2.05) is 22.9 Å². The lowest BCUT2D eigenvalue weighted by molar-refractivity contribution is -0.383. The van der Waals surface area contributed by atoms with Crippen LogP contribution >= 0.6 is 0 Å². The summed E-state index contributed by atoms with van der Waals surface area (Å²) in [6, 6.07) is 6.85. The van der Waals surface area contributed by atoms with Gasteiger partial charge in [0.25, 0.3) is 5.69 Å². The zero-order chi connectivity index (χ0) is 12.5. The van der Waals surface area contributed by atoms with E-state index < -0.39 is 0 Å². The molecule has 5 heteroatoms. The number of benzene rings is 1. The van der Waals surface area contributed by atoms with Crippen molar-refractivity contribution in [3.05, 3.63) is 52.7 Å².